The molecule has 208 valence electrons. The number of ether oxygens (including phenoxy) is 1. The van der Waals surface area contributed by atoms with Gasteiger partial charge in [-0.2, -0.15) is 0 Å². The van der Waals surface area contributed by atoms with Crippen molar-refractivity contribution in [1.29, 1.82) is 0 Å². The topological polar surface area (TPSA) is 111 Å². The highest BCUT2D eigenvalue weighted by atomic mass is 16.5. The minimum Gasteiger partial charge on any atom is -0.547 e. The van der Waals surface area contributed by atoms with E-state index in [0.29, 0.717) is 6.42 Å². The van der Waals surface area contributed by atoms with Gasteiger partial charge >= 0.3 is 0 Å². The smallest absolute Gasteiger partial charge is 0.220 e. The van der Waals surface area contributed by atoms with Crippen molar-refractivity contribution in [3.63, 3.8) is 0 Å². The summed E-state index contributed by atoms with van der Waals surface area (Å²) in [6.07, 6.45) is 20.7. The number of carboxylic acid groups (broad SMARTS) is 1. The quantitative estimate of drug-likeness (QED) is 0.216. The maximum atomic E-state index is 12.2. The molecule has 0 spiro atoms. The number of carbonyl (C=O) groups is 2. The van der Waals surface area contributed by atoms with Gasteiger partial charge in [-0.25, -0.2) is 0 Å². The minimum atomic E-state index is -1.44. The molecule has 1 amide bonds. The standard InChI is InChI=1S/C25H50N2O2.C3H6O3/c1-3-5-6-7-8-9-10-11-12-13-14-15-16-17-18-19-25(28)27-23(4-2)24-22-26-20-21-29-24;1-2(4)3(5)6/h23-24,26H,3-22H2,1-2H3,(H,27,28);2,4H,1H3,(H,5,6)/p-1. The van der Waals surface area contributed by atoms with Crippen LogP contribution in [0.15, 0.2) is 0 Å². The Morgan fingerprint density at radius 3 is 1.74 bits per heavy atom. The molecule has 7 heteroatoms. The van der Waals surface area contributed by atoms with Crippen LogP contribution in [0.5, 0.6) is 0 Å². The molecular formula is C28H55N2O5-. The van der Waals surface area contributed by atoms with E-state index in [-0.39, 0.29) is 18.1 Å². The Balaban J connectivity index is 0.00000170. The van der Waals surface area contributed by atoms with Crippen molar-refractivity contribution in [3.8, 4) is 0 Å². The molecule has 1 heterocycles. The van der Waals surface area contributed by atoms with Crippen molar-refractivity contribution in [3.05, 3.63) is 0 Å². The molecule has 3 N–H and O–H groups in total. The van der Waals surface area contributed by atoms with Crippen LogP contribution in [0.4, 0.5) is 0 Å². The van der Waals surface area contributed by atoms with E-state index in [0.717, 1.165) is 39.5 Å². The molecular weight excluding hydrogens is 444 g/mol. The number of aliphatic hydroxyl groups is 1. The molecule has 3 atom stereocenters. The van der Waals surface area contributed by atoms with Crippen molar-refractivity contribution in [1.82, 2.24) is 10.6 Å². The molecule has 7 nitrogen and oxygen atoms in total. The van der Waals surface area contributed by atoms with Crippen LogP contribution in [0.25, 0.3) is 0 Å². The van der Waals surface area contributed by atoms with Crippen LogP contribution < -0.4 is 15.7 Å². The molecule has 0 aromatic rings. The normalized spacial score (nSPS) is 17.2. The van der Waals surface area contributed by atoms with Crippen LogP contribution in [0.2, 0.25) is 0 Å². The van der Waals surface area contributed by atoms with E-state index in [1.807, 2.05) is 0 Å². The molecule has 0 bridgehead atoms. The number of unbranched alkanes of at least 4 members (excludes halogenated alkanes) is 14. The van der Waals surface area contributed by atoms with E-state index in [2.05, 4.69) is 24.5 Å². The summed E-state index contributed by atoms with van der Waals surface area (Å²) in [5, 5.41) is 23.8. The molecule has 1 aliphatic rings. The monoisotopic (exact) mass is 499 g/mol. The molecule has 0 radical (unpaired) electrons. The molecule has 35 heavy (non-hydrogen) atoms. The van der Waals surface area contributed by atoms with Crippen molar-refractivity contribution in [2.45, 2.75) is 148 Å². The third kappa shape index (κ3) is 21.8. The number of hydrogen-bond donors (Lipinski definition) is 3. The first kappa shape index (κ1) is 33.8. The molecule has 3 unspecified atom stereocenters. The van der Waals surface area contributed by atoms with Crippen molar-refractivity contribution >= 4 is 11.9 Å². The number of carboxylic acids is 1. The van der Waals surface area contributed by atoms with Gasteiger partial charge in [-0.15, -0.1) is 0 Å². The van der Waals surface area contributed by atoms with Gasteiger partial charge in [0.15, 0.2) is 0 Å². The van der Waals surface area contributed by atoms with E-state index in [4.69, 9.17) is 9.84 Å². The molecule has 0 aromatic heterocycles. The molecule has 1 fully saturated rings. The summed E-state index contributed by atoms with van der Waals surface area (Å²) >= 11 is 0. The first-order chi connectivity index (χ1) is 16.9. The van der Waals surface area contributed by atoms with Gasteiger partial charge in [-0.3, -0.25) is 4.79 Å². The van der Waals surface area contributed by atoms with Crippen molar-refractivity contribution in [2.24, 2.45) is 0 Å². The maximum Gasteiger partial charge on any atom is 0.220 e. The van der Waals surface area contributed by atoms with Gasteiger partial charge in [-0.1, -0.05) is 104 Å². The molecule has 1 saturated heterocycles. The lowest BCUT2D eigenvalue weighted by atomic mass is 10.0. The highest BCUT2D eigenvalue weighted by molar-refractivity contribution is 5.76. The zero-order valence-electron chi connectivity index (χ0n) is 23.0. The second-order valence-electron chi connectivity index (χ2n) is 9.89. The number of nitrogens with one attached hydrogen (secondary N) is 2. The number of carbonyl (C=O) groups excluding carboxylic acids is 2. The lowest BCUT2D eigenvalue weighted by Gasteiger charge is -2.31. The van der Waals surface area contributed by atoms with Crippen LogP contribution in [0, 0.1) is 0 Å². The SMILES string of the molecule is CC(O)C(=O)[O-].CCCCCCCCCCCCCCCCCC(=O)NC(CC)C1CNCCO1. The Bertz CT molecular complexity index is 496. The fourth-order valence-corrected chi connectivity index (χ4v) is 4.24. The third-order valence-corrected chi connectivity index (χ3v) is 6.54. The number of aliphatic carboxylic acids is 1. The predicted molar refractivity (Wildman–Crippen MR) is 141 cm³/mol. The second kappa shape index (κ2) is 24.5. The van der Waals surface area contributed by atoms with Crippen LogP contribution in [0.1, 0.15) is 130 Å². The summed E-state index contributed by atoms with van der Waals surface area (Å²) in [6, 6.07) is 0.145. The van der Waals surface area contributed by atoms with E-state index >= 15 is 0 Å². The number of hydrogen-bond acceptors (Lipinski definition) is 6. The summed E-state index contributed by atoms with van der Waals surface area (Å²) < 4.78 is 5.79. The summed E-state index contributed by atoms with van der Waals surface area (Å²) in [6.45, 7) is 8.05. The van der Waals surface area contributed by atoms with Crippen molar-refractivity contribution < 1.29 is 24.5 Å². The third-order valence-electron chi connectivity index (χ3n) is 6.54. The van der Waals surface area contributed by atoms with Gasteiger partial charge in [0.1, 0.15) is 0 Å². The highest BCUT2D eigenvalue weighted by Gasteiger charge is 2.24. The molecule has 0 aromatic carbocycles. The van der Waals surface area contributed by atoms with E-state index in [1.54, 1.807) is 0 Å². The molecule has 1 aliphatic heterocycles. The number of aliphatic hydroxyl groups excluding tert-OH is 1. The Kier molecular flexibility index (Phi) is 23.7. The average molecular weight is 500 g/mol. The largest absolute Gasteiger partial charge is 0.547 e. The Hall–Kier alpha value is -1.18. The van der Waals surface area contributed by atoms with E-state index in [1.165, 1.54) is 89.9 Å². The van der Waals surface area contributed by atoms with Crippen LogP contribution in [-0.2, 0) is 14.3 Å². The lowest BCUT2D eigenvalue weighted by molar-refractivity contribution is -0.314. The minimum absolute atomic E-state index is 0.124. The number of rotatable bonds is 20. The predicted octanol–water partition coefficient (Wildman–Crippen LogP) is 4.25. The number of morpholine rings is 1. The second-order valence-corrected chi connectivity index (χ2v) is 9.89. The average Bonchev–Trinajstić information content (AvgIpc) is 2.85. The van der Waals surface area contributed by atoms with Gasteiger partial charge in [0.2, 0.25) is 5.91 Å². The molecule has 0 saturated carbocycles. The Morgan fingerprint density at radius 1 is 0.914 bits per heavy atom. The summed E-state index contributed by atoms with van der Waals surface area (Å²) in [5.74, 6) is -1.24. The summed E-state index contributed by atoms with van der Waals surface area (Å²) in [7, 11) is 0. The van der Waals surface area contributed by atoms with Gasteiger partial charge in [0, 0.05) is 19.5 Å². The van der Waals surface area contributed by atoms with Crippen LogP contribution in [-0.4, -0.2) is 54.9 Å². The van der Waals surface area contributed by atoms with Crippen LogP contribution >= 0.6 is 0 Å². The lowest BCUT2D eigenvalue weighted by Crippen LogP contribution is -2.51. The van der Waals surface area contributed by atoms with Gasteiger partial charge < -0.3 is 30.4 Å². The van der Waals surface area contributed by atoms with Crippen molar-refractivity contribution in [2.75, 3.05) is 19.7 Å². The first-order valence-electron chi connectivity index (χ1n) is 14.4. The summed E-state index contributed by atoms with van der Waals surface area (Å²) in [5.41, 5.74) is 0. The van der Waals surface area contributed by atoms with E-state index < -0.39 is 12.1 Å². The summed E-state index contributed by atoms with van der Waals surface area (Å²) in [4.78, 5) is 21.5. The van der Waals surface area contributed by atoms with Crippen LogP contribution in [0.3, 0.4) is 0 Å². The molecule has 0 aliphatic carbocycles. The Morgan fingerprint density at radius 2 is 1.37 bits per heavy atom. The zero-order valence-corrected chi connectivity index (χ0v) is 23.0. The first-order valence-corrected chi connectivity index (χ1v) is 14.4. The van der Waals surface area contributed by atoms with Gasteiger partial charge in [0.25, 0.3) is 0 Å². The number of amides is 1. The fourth-order valence-electron chi connectivity index (χ4n) is 4.24. The maximum absolute atomic E-state index is 12.2. The highest BCUT2D eigenvalue weighted by Crippen LogP contribution is 2.14. The van der Waals surface area contributed by atoms with E-state index in [9.17, 15) is 14.7 Å². The fraction of sp³-hybridized carbons (Fsp3) is 0.929. The zero-order chi connectivity index (χ0) is 26.2. The van der Waals surface area contributed by atoms with Gasteiger partial charge in [-0.05, 0) is 19.8 Å². The Labute approximate surface area is 215 Å². The van der Waals surface area contributed by atoms with Gasteiger partial charge in [0.05, 0.1) is 30.8 Å². The molecule has 1 rings (SSSR count).